The fraction of sp³-hybridized carbons (Fsp3) is 0.545. The van der Waals surface area contributed by atoms with E-state index in [4.69, 9.17) is 10.6 Å². The number of carbonyl (C=O) groups excluding carboxylic acids is 1. The van der Waals surface area contributed by atoms with E-state index in [1.165, 1.54) is 11.8 Å². The Labute approximate surface area is 116 Å². The molecule has 0 fully saturated rings. The number of hydrogen-bond donors (Lipinski definition) is 3. The van der Waals surface area contributed by atoms with Gasteiger partial charge in [0, 0.05) is 19.0 Å². The molecule has 1 aromatic rings. The lowest BCUT2D eigenvalue weighted by atomic mass is 10.3. The molecule has 8 heteroatoms. The average Bonchev–Trinajstić information content (AvgIpc) is 2.43. The minimum atomic E-state index is -0.180. The smallest absolute Gasteiger partial charge is 0.305 e. The van der Waals surface area contributed by atoms with Crippen LogP contribution in [0.5, 0.6) is 0 Å². The van der Waals surface area contributed by atoms with Crippen molar-refractivity contribution in [2.45, 2.75) is 24.9 Å². The summed E-state index contributed by atoms with van der Waals surface area (Å²) in [6.45, 7) is 2.84. The predicted molar refractivity (Wildman–Crippen MR) is 76.0 cm³/mol. The topological polar surface area (TPSA) is 102 Å². The van der Waals surface area contributed by atoms with Crippen LogP contribution >= 0.6 is 11.8 Å². The number of nitrogens with zero attached hydrogens (tertiary/aromatic N) is 2. The Morgan fingerprint density at radius 3 is 2.84 bits per heavy atom. The van der Waals surface area contributed by atoms with Crippen LogP contribution in [0.15, 0.2) is 11.2 Å². The first-order chi connectivity index (χ1) is 9.19. The van der Waals surface area contributed by atoms with Crippen LogP contribution in [0, 0.1) is 0 Å². The molecule has 0 aliphatic carbocycles. The molecule has 0 saturated carbocycles. The Bertz CT molecular complexity index is 394. The van der Waals surface area contributed by atoms with Crippen LogP contribution in [-0.4, -0.2) is 35.3 Å². The number of nitrogen functional groups attached to an aromatic ring is 1. The standard InChI is InChI=1S/C11H19N5O2S/c1-3-18-10(17)5-4-6-13-8-7-9(16-12)15-11(14-8)19-2/h7H,3-6,12H2,1-2H3,(H2,13,14,15,16). The van der Waals surface area contributed by atoms with Gasteiger partial charge >= 0.3 is 5.97 Å². The summed E-state index contributed by atoms with van der Waals surface area (Å²) in [5, 5.41) is 3.75. The molecule has 0 aliphatic rings. The average molecular weight is 285 g/mol. The first-order valence-electron chi connectivity index (χ1n) is 5.98. The maximum Gasteiger partial charge on any atom is 0.305 e. The number of aromatic nitrogens is 2. The van der Waals surface area contributed by atoms with E-state index in [2.05, 4.69) is 20.7 Å². The molecule has 7 nitrogen and oxygen atoms in total. The molecule has 4 N–H and O–H groups in total. The number of thioether (sulfide) groups is 1. The molecule has 0 aliphatic heterocycles. The molecule has 19 heavy (non-hydrogen) atoms. The van der Waals surface area contributed by atoms with Crippen LogP contribution in [0.3, 0.4) is 0 Å². The Kier molecular flexibility index (Phi) is 6.98. The van der Waals surface area contributed by atoms with Crippen LogP contribution in [0.1, 0.15) is 19.8 Å². The van der Waals surface area contributed by atoms with Gasteiger partial charge in [0.25, 0.3) is 0 Å². The fourth-order valence-corrected chi connectivity index (χ4v) is 1.74. The fourth-order valence-electron chi connectivity index (χ4n) is 1.36. The number of nitrogens with one attached hydrogen (secondary N) is 2. The quantitative estimate of drug-likeness (QED) is 0.164. The van der Waals surface area contributed by atoms with Crippen molar-refractivity contribution < 1.29 is 9.53 Å². The van der Waals surface area contributed by atoms with Gasteiger partial charge in [0.2, 0.25) is 0 Å². The first-order valence-corrected chi connectivity index (χ1v) is 7.21. The molecule has 1 heterocycles. The van der Waals surface area contributed by atoms with E-state index in [0.717, 1.165) is 0 Å². The number of hydrazine groups is 1. The highest BCUT2D eigenvalue weighted by molar-refractivity contribution is 7.98. The normalized spacial score (nSPS) is 10.1. The second-order valence-electron chi connectivity index (χ2n) is 3.60. The van der Waals surface area contributed by atoms with Gasteiger partial charge in [-0.15, -0.1) is 0 Å². The summed E-state index contributed by atoms with van der Waals surface area (Å²) in [5.74, 6) is 6.38. The summed E-state index contributed by atoms with van der Waals surface area (Å²) < 4.78 is 4.84. The van der Waals surface area contributed by atoms with Crippen molar-refractivity contribution in [2.24, 2.45) is 5.84 Å². The van der Waals surface area contributed by atoms with Gasteiger partial charge in [0.15, 0.2) is 5.16 Å². The molecule has 0 saturated heterocycles. The summed E-state index contributed by atoms with van der Waals surface area (Å²) in [7, 11) is 0. The monoisotopic (exact) mass is 285 g/mol. The molecule has 0 spiro atoms. The summed E-state index contributed by atoms with van der Waals surface area (Å²) in [4.78, 5) is 19.6. The Morgan fingerprint density at radius 2 is 2.21 bits per heavy atom. The van der Waals surface area contributed by atoms with E-state index >= 15 is 0 Å². The molecule has 0 atom stereocenters. The number of hydrogen-bond acceptors (Lipinski definition) is 8. The third-order valence-corrected chi connectivity index (χ3v) is 2.75. The molecular weight excluding hydrogens is 266 g/mol. The minimum absolute atomic E-state index is 0.180. The molecule has 1 aromatic heterocycles. The lowest BCUT2D eigenvalue weighted by Gasteiger charge is -2.08. The highest BCUT2D eigenvalue weighted by Gasteiger charge is 2.04. The number of rotatable bonds is 8. The van der Waals surface area contributed by atoms with Gasteiger partial charge in [-0.3, -0.25) is 4.79 Å². The largest absolute Gasteiger partial charge is 0.466 e. The molecular formula is C11H19N5O2S. The Hall–Kier alpha value is -1.54. The van der Waals surface area contributed by atoms with Crippen molar-refractivity contribution in [1.82, 2.24) is 9.97 Å². The van der Waals surface area contributed by atoms with Crippen molar-refractivity contribution in [3.63, 3.8) is 0 Å². The number of carbonyl (C=O) groups is 1. The van der Waals surface area contributed by atoms with Crippen molar-refractivity contribution in [2.75, 3.05) is 30.1 Å². The highest BCUT2D eigenvalue weighted by Crippen LogP contribution is 2.16. The van der Waals surface area contributed by atoms with Gasteiger partial charge in [0.05, 0.1) is 6.61 Å². The zero-order valence-corrected chi connectivity index (χ0v) is 11.9. The number of anilines is 2. The molecule has 106 valence electrons. The summed E-state index contributed by atoms with van der Waals surface area (Å²) >= 11 is 1.43. The SMILES string of the molecule is CCOC(=O)CCCNc1cc(NN)nc(SC)n1. The zero-order valence-electron chi connectivity index (χ0n) is 11.1. The molecule has 1 rings (SSSR count). The van der Waals surface area contributed by atoms with E-state index in [1.54, 1.807) is 13.0 Å². The van der Waals surface area contributed by atoms with Crippen molar-refractivity contribution >= 4 is 29.4 Å². The van der Waals surface area contributed by atoms with E-state index in [1.807, 2.05) is 6.26 Å². The first kappa shape index (κ1) is 15.5. The van der Waals surface area contributed by atoms with Gasteiger partial charge in [-0.1, -0.05) is 11.8 Å². The van der Waals surface area contributed by atoms with Crippen LogP contribution in [-0.2, 0) is 9.53 Å². The van der Waals surface area contributed by atoms with E-state index in [0.29, 0.717) is 42.8 Å². The van der Waals surface area contributed by atoms with Crippen LogP contribution in [0.25, 0.3) is 0 Å². The molecule has 0 aromatic carbocycles. The highest BCUT2D eigenvalue weighted by atomic mass is 32.2. The molecule has 0 radical (unpaired) electrons. The lowest BCUT2D eigenvalue weighted by Crippen LogP contribution is -2.12. The Morgan fingerprint density at radius 1 is 1.47 bits per heavy atom. The molecule has 0 amide bonds. The van der Waals surface area contributed by atoms with Crippen LogP contribution < -0.4 is 16.6 Å². The lowest BCUT2D eigenvalue weighted by molar-refractivity contribution is -0.143. The maximum absolute atomic E-state index is 11.1. The summed E-state index contributed by atoms with van der Waals surface area (Å²) in [5.41, 5.74) is 2.49. The number of esters is 1. The van der Waals surface area contributed by atoms with Crippen LogP contribution in [0.2, 0.25) is 0 Å². The minimum Gasteiger partial charge on any atom is -0.466 e. The van der Waals surface area contributed by atoms with Gasteiger partial charge in [-0.25, -0.2) is 15.8 Å². The predicted octanol–water partition coefficient (Wildman–Crippen LogP) is 1.24. The molecule has 0 unspecified atom stereocenters. The molecule has 0 bridgehead atoms. The van der Waals surface area contributed by atoms with Crippen molar-refractivity contribution in [3.05, 3.63) is 6.07 Å². The second kappa shape index (κ2) is 8.54. The maximum atomic E-state index is 11.1. The number of nitrogens with two attached hydrogens (primary N) is 1. The second-order valence-corrected chi connectivity index (χ2v) is 4.38. The third kappa shape index (κ3) is 5.75. The Balaban J connectivity index is 2.42. The van der Waals surface area contributed by atoms with Crippen LogP contribution in [0.4, 0.5) is 11.6 Å². The van der Waals surface area contributed by atoms with Gasteiger partial charge in [-0.05, 0) is 19.6 Å². The summed E-state index contributed by atoms with van der Waals surface area (Å²) in [6.07, 6.45) is 2.96. The zero-order chi connectivity index (χ0) is 14.1. The van der Waals surface area contributed by atoms with Crippen molar-refractivity contribution in [3.8, 4) is 0 Å². The van der Waals surface area contributed by atoms with E-state index in [-0.39, 0.29) is 5.97 Å². The summed E-state index contributed by atoms with van der Waals surface area (Å²) in [6, 6.07) is 1.71. The number of ether oxygens (including phenoxy) is 1. The van der Waals surface area contributed by atoms with Gasteiger partial charge < -0.3 is 15.5 Å². The van der Waals surface area contributed by atoms with E-state index < -0.39 is 0 Å². The van der Waals surface area contributed by atoms with Gasteiger partial charge in [-0.2, -0.15) is 0 Å². The van der Waals surface area contributed by atoms with E-state index in [9.17, 15) is 4.79 Å². The van der Waals surface area contributed by atoms with Gasteiger partial charge in [0.1, 0.15) is 11.6 Å². The van der Waals surface area contributed by atoms with Crippen molar-refractivity contribution in [1.29, 1.82) is 0 Å². The third-order valence-electron chi connectivity index (χ3n) is 2.21.